The maximum absolute atomic E-state index is 13.0. The smallest absolute Gasteiger partial charge is 0.391 e. The summed E-state index contributed by atoms with van der Waals surface area (Å²) in [6.07, 6.45) is -5.06. The number of nitrogens with one attached hydrogen (secondary N) is 3. The summed E-state index contributed by atoms with van der Waals surface area (Å²) in [5.74, 6) is -2.18. The van der Waals surface area contributed by atoms with Gasteiger partial charge in [0.05, 0.1) is 17.5 Å². The van der Waals surface area contributed by atoms with Crippen molar-refractivity contribution < 1.29 is 31.5 Å². The van der Waals surface area contributed by atoms with Crippen LogP contribution in [0.15, 0.2) is 22.8 Å². The lowest BCUT2D eigenvalue weighted by Crippen LogP contribution is -2.40. The Hall–Kier alpha value is -2.96. The zero-order valence-electron chi connectivity index (χ0n) is 20.0. The largest absolute Gasteiger partial charge is 0.471 e. The Kier molecular flexibility index (Phi) is 7.91. The van der Waals surface area contributed by atoms with Crippen molar-refractivity contribution in [3.63, 3.8) is 0 Å². The number of carbonyl (C=O) groups excluding carboxylic acids is 1. The molecule has 2 aliphatic rings. The minimum absolute atomic E-state index is 0.00937. The van der Waals surface area contributed by atoms with Gasteiger partial charge in [0.1, 0.15) is 10.7 Å². The predicted octanol–water partition coefficient (Wildman–Crippen LogP) is 5.42. The fraction of sp³-hybridized carbons (Fsp3) is 0.565. The third-order valence-corrected chi connectivity index (χ3v) is 6.74. The number of nitrogens with zero attached hydrogens (tertiary/aromatic N) is 3. The van der Waals surface area contributed by atoms with Crippen LogP contribution < -0.4 is 15.4 Å². The van der Waals surface area contributed by atoms with E-state index in [1.165, 1.54) is 6.07 Å². The van der Waals surface area contributed by atoms with Crippen molar-refractivity contribution in [2.24, 2.45) is 16.8 Å². The van der Waals surface area contributed by atoms with Gasteiger partial charge in [0.2, 0.25) is 11.8 Å². The molecule has 202 valence electrons. The summed E-state index contributed by atoms with van der Waals surface area (Å²) in [5.41, 5.74) is 1.08. The molecule has 0 saturated heterocycles. The van der Waals surface area contributed by atoms with Crippen molar-refractivity contribution >= 4 is 39.8 Å². The number of H-pyrrole nitrogens is 1. The van der Waals surface area contributed by atoms with E-state index in [2.05, 4.69) is 30.6 Å². The second kappa shape index (κ2) is 10.8. The molecular weight excluding hydrogens is 523 g/mol. The van der Waals surface area contributed by atoms with E-state index >= 15 is 0 Å². The molecule has 8 nitrogen and oxygen atoms in total. The van der Waals surface area contributed by atoms with Gasteiger partial charge in [-0.2, -0.15) is 23.1 Å². The molecule has 1 saturated carbocycles. The normalized spacial score (nSPS) is 24.6. The van der Waals surface area contributed by atoms with Gasteiger partial charge in [-0.3, -0.25) is 4.79 Å². The lowest BCUT2D eigenvalue weighted by atomic mass is 9.85. The summed E-state index contributed by atoms with van der Waals surface area (Å²) in [6.45, 7) is 2.78. The van der Waals surface area contributed by atoms with Gasteiger partial charge in [-0.1, -0.05) is 24.6 Å². The summed E-state index contributed by atoms with van der Waals surface area (Å²) >= 11 is 6.29. The second-order valence-electron chi connectivity index (χ2n) is 9.29. The molecular formula is C23H26ClF5N6O2. The molecule has 1 aliphatic heterocycles. The van der Waals surface area contributed by atoms with Crippen LogP contribution in [0.3, 0.4) is 0 Å². The predicted molar refractivity (Wildman–Crippen MR) is 128 cm³/mol. The van der Waals surface area contributed by atoms with E-state index in [0.717, 1.165) is 5.70 Å². The number of allylic oxidation sites excluding steroid dienone is 1. The number of anilines is 1. The molecule has 37 heavy (non-hydrogen) atoms. The van der Waals surface area contributed by atoms with E-state index in [0.29, 0.717) is 10.7 Å². The van der Waals surface area contributed by atoms with E-state index < -0.39 is 37.1 Å². The number of carbonyl (C=O) groups is 1. The van der Waals surface area contributed by atoms with Gasteiger partial charge in [0.15, 0.2) is 12.3 Å². The number of pyridine rings is 1. The molecule has 0 radical (unpaired) electrons. The first kappa shape index (κ1) is 27.1. The Bertz CT molecular complexity index is 1210. The molecule has 3 heterocycles. The third-order valence-electron chi connectivity index (χ3n) is 6.42. The summed E-state index contributed by atoms with van der Waals surface area (Å²) in [6, 6.07) is 0.492. The first-order valence-electron chi connectivity index (χ1n) is 11.8. The SMILES string of the molecule is CC1=CC(C)C(Nc2nc3nc(OCC(F)F)c(C(=O)NC4CCC(C(F)(F)F)CC4)cc3[nH]2)C(Cl)=N1. The number of rotatable bonds is 7. The monoisotopic (exact) mass is 548 g/mol. The Morgan fingerprint density at radius 2 is 1.95 bits per heavy atom. The molecule has 2 aromatic rings. The minimum Gasteiger partial charge on any atom is -0.471 e. The van der Waals surface area contributed by atoms with Gasteiger partial charge in [-0.15, -0.1) is 0 Å². The van der Waals surface area contributed by atoms with Gasteiger partial charge in [0, 0.05) is 17.7 Å². The molecule has 2 atom stereocenters. The van der Waals surface area contributed by atoms with Crippen molar-refractivity contribution in [3.05, 3.63) is 23.4 Å². The quantitative estimate of drug-likeness (QED) is 0.401. The number of aromatic amines is 1. The molecule has 0 bridgehead atoms. The number of aliphatic imine (C=N–C) groups is 1. The Morgan fingerprint density at radius 1 is 1.24 bits per heavy atom. The van der Waals surface area contributed by atoms with Crippen molar-refractivity contribution in [3.8, 4) is 5.88 Å². The van der Waals surface area contributed by atoms with E-state index in [1.54, 1.807) is 0 Å². The average molecular weight is 549 g/mol. The van der Waals surface area contributed by atoms with Crippen LogP contribution >= 0.6 is 11.6 Å². The first-order chi connectivity index (χ1) is 17.4. The molecule has 1 fully saturated rings. The molecule has 0 aromatic carbocycles. The van der Waals surface area contributed by atoms with E-state index in [1.807, 2.05) is 19.9 Å². The van der Waals surface area contributed by atoms with Gasteiger partial charge >= 0.3 is 6.18 Å². The van der Waals surface area contributed by atoms with Crippen molar-refractivity contribution in [2.75, 3.05) is 11.9 Å². The maximum Gasteiger partial charge on any atom is 0.391 e. The second-order valence-corrected chi connectivity index (χ2v) is 9.67. The van der Waals surface area contributed by atoms with Crippen molar-refractivity contribution in [1.82, 2.24) is 20.3 Å². The highest BCUT2D eigenvalue weighted by Crippen LogP contribution is 2.37. The first-order valence-corrected chi connectivity index (χ1v) is 12.2. The molecule has 1 amide bonds. The number of hydrogen-bond acceptors (Lipinski definition) is 6. The van der Waals surface area contributed by atoms with Crippen LogP contribution in [-0.2, 0) is 0 Å². The van der Waals surface area contributed by atoms with Gasteiger partial charge in [0.25, 0.3) is 12.3 Å². The molecule has 14 heteroatoms. The number of aromatic nitrogens is 3. The molecule has 3 N–H and O–H groups in total. The highest BCUT2D eigenvalue weighted by Gasteiger charge is 2.41. The van der Waals surface area contributed by atoms with Crippen LogP contribution in [0.5, 0.6) is 5.88 Å². The highest BCUT2D eigenvalue weighted by atomic mass is 35.5. The summed E-state index contributed by atoms with van der Waals surface area (Å²) < 4.78 is 69.6. The van der Waals surface area contributed by atoms with E-state index in [-0.39, 0.29) is 60.7 Å². The molecule has 2 unspecified atom stereocenters. The van der Waals surface area contributed by atoms with Crippen LogP contribution in [-0.4, -0.2) is 57.3 Å². The average Bonchev–Trinajstić information content (AvgIpc) is 3.20. The van der Waals surface area contributed by atoms with Crippen LogP contribution in [0.2, 0.25) is 0 Å². The topological polar surface area (TPSA) is 104 Å². The molecule has 0 spiro atoms. The minimum atomic E-state index is -4.27. The highest BCUT2D eigenvalue weighted by molar-refractivity contribution is 6.67. The lowest BCUT2D eigenvalue weighted by molar-refractivity contribution is -0.182. The summed E-state index contributed by atoms with van der Waals surface area (Å²) in [4.78, 5) is 28.7. The number of imidazole rings is 1. The number of amides is 1. The van der Waals surface area contributed by atoms with Gasteiger partial charge < -0.3 is 20.4 Å². The summed E-state index contributed by atoms with van der Waals surface area (Å²) in [7, 11) is 0. The van der Waals surface area contributed by atoms with Crippen LogP contribution in [0.4, 0.5) is 27.9 Å². The number of alkyl halides is 5. The maximum atomic E-state index is 13.0. The van der Waals surface area contributed by atoms with E-state index in [4.69, 9.17) is 16.3 Å². The summed E-state index contributed by atoms with van der Waals surface area (Å²) in [5, 5.41) is 6.14. The Labute approximate surface area is 214 Å². The number of halogens is 6. The van der Waals surface area contributed by atoms with Crippen molar-refractivity contribution in [1.29, 1.82) is 0 Å². The van der Waals surface area contributed by atoms with Gasteiger partial charge in [-0.25, -0.2) is 13.8 Å². The fourth-order valence-electron chi connectivity index (χ4n) is 4.54. The van der Waals surface area contributed by atoms with E-state index in [9.17, 15) is 26.7 Å². The zero-order valence-corrected chi connectivity index (χ0v) is 20.8. The molecule has 1 aliphatic carbocycles. The number of hydrogen-bond donors (Lipinski definition) is 3. The van der Waals surface area contributed by atoms with Crippen LogP contribution in [0, 0.1) is 11.8 Å². The van der Waals surface area contributed by atoms with Crippen LogP contribution in [0.25, 0.3) is 11.2 Å². The van der Waals surface area contributed by atoms with Crippen LogP contribution in [0.1, 0.15) is 49.9 Å². The Balaban J connectivity index is 1.54. The molecule has 4 rings (SSSR count). The molecule has 2 aromatic heterocycles. The third kappa shape index (κ3) is 6.49. The zero-order chi connectivity index (χ0) is 26.9. The number of fused-ring (bicyclic) bond motifs is 1. The number of ether oxygens (including phenoxy) is 1. The Morgan fingerprint density at radius 3 is 2.57 bits per heavy atom. The fourth-order valence-corrected chi connectivity index (χ4v) is 4.93. The van der Waals surface area contributed by atoms with Gasteiger partial charge in [-0.05, 0) is 38.7 Å². The van der Waals surface area contributed by atoms with Crippen molar-refractivity contribution in [2.45, 2.75) is 64.2 Å². The standard InChI is InChI=1S/C23H26ClF5N6O2/c1-10-7-11(2)30-18(24)17(10)33-22-32-15-8-14(21(34-19(15)35-22)37-9-16(25)26)20(36)31-13-5-3-12(4-6-13)23(27,28)29/h7-8,10,12-13,16-17H,3-6,9H2,1-2H3,(H,31,36)(H2,32,33,34,35). The lowest BCUT2D eigenvalue weighted by Gasteiger charge is -2.30.